The van der Waals surface area contributed by atoms with Crippen molar-refractivity contribution in [2.45, 2.75) is 19.9 Å². The number of esters is 1. The minimum absolute atomic E-state index is 0.0298. The van der Waals surface area contributed by atoms with Crippen LogP contribution in [0.15, 0.2) is 59.8 Å². The van der Waals surface area contributed by atoms with Crippen molar-refractivity contribution in [3.05, 3.63) is 76.0 Å². The molecule has 2 amide bonds. The normalized spacial score (nSPS) is 16.5. The Morgan fingerprint density at radius 2 is 1.86 bits per heavy atom. The van der Waals surface area contributed by atoms with E-state index < -0.39 is 12.0 Å². The summed E-state index contributed by atoms with van der Waals surface area (Å²) in [5.74, 6) is 0.117. The maximum Gasteiger partial charge on any atom is 0.338 e. The predicted octanol–water partition coefficient (Wildman–Crippen LogP) is 4.24. The molecule has 0 fully saturated rings. The number of carbonyl (C=O) groups is 2. The van der Waals surface area contributed by atoms with Crippen LogP contribution >= 0.6 is 11.6 Å². The Balaban J connectivity index is 2.04. The molecule has 0 aliphatic carbocycles. The number of likely N-dealkylation sites (N-methyl/N-ethyl adjacent to an activating group) is 1. The lowest BCUT2D eigenvalue weighted by atomic mass is 9.94. The van der Waals surface area contributed by atoms with Gasteiger partial charge in [0.15, 0.2) is 0 Å². The van der Waals surface area contributed by atoms with Crippen molar-refractivity contribution in [1.82, 2.24) is 10.2 Å². The Bertz CT molecular complexity index is 940. The van der Waals surface area contributed by atoms with Crippen LogP contribution < -0.4 is 10.1 Å². The predicted molar refractivity (Wildman–Crippen MR) is 111 cm³/mol. The van der Waals surface area contributed by atoms with Crippen LogP contribution in [0.5, 0.6) is 5.75 Å². The summed E-state index contributed by atoms with van der Waals surface area (Å²) in [5.41, 5.74) is 2.45. The zero-order chi connectivity index (χ0) is 21.0. The molecule has 1 aliphatic heterocycles. The Kier molecular flexibility index (Phi) is 6.44. The first-order valence-corrected chi connectivity index (χ1v) is 9.68. The van der Waals surface area contributed by atoms with Crippen molar-refractivity contribution in [2.75, 3.05) is 20.3 Å². The van der Waals surface area contributed by atoms with Crippen LogP contribution in [0.2, 0.25) is 5.02 Å². The van der Waals surface area contributed by atoms with Gasteiger partial charge in [0, 0.05) is 12.1 Å². The van der Waals surface area contributed by atoms with Gasteiger partial charge in [0.25, 0.3) is 0 Å². The molecule has 1 atom stereocenters. The average Bonchev–Trinajstić information content (AvgIpc) is 2.70. The highest BCUT2D eigenvalue weighted by atomic mass is 35.5. The lowest BCUT2D eigenvalue weighted by Crippen LogP contribution is -2.48. The number of amides is 2. The molecule has 0 saturated carbocycles. The van der Waals surface area contributed by atoms with Crippen LogP contribution in [0.1, 0.15) is 24.1 Å². The van der Waals surface area contributed by atoms with Gasteiger partial charge < -0.3 is 14.8 Å². The summed E-state index contributed by atoms with van der Waals surface area (Å²) in [6.07, 6.45) is 0. The molecule has 2 aromatic rings. The van der Waals surface area contributed by atoms with E-state index in [9.17, 15) is 9.59 Å². The number of hydrogen-bond donors (Lipinski definition) is 1. The average molecular weight is 415 g/mol. The number of urea groups is 1. The largest absolute Gasteiger partial charge is 0.487 e. The fourth-order valence-electron chi connectivity index (χ4n) is 3.11. The molecule has 1 aliphatic rings. The Morgan fingerprint density at radius 3 is 2.52 bits per heavy atom. The number of nitrogens with one attached hydrogen (secondary N) is 1. The topological polar surface area (TPSA) is 67.9 Å². The van der Waals surface area contributed by atoms with Gasteiger partial charge in [-0.3, -0.25) is 4.90 Å². The van der Waals surface area contributed by atoms with Gasteiger partial charge in [0.05, 0.1) is 23.9 Å². The molecule has 29 heavy (non-hydrogen) atoms. The SMILES string of the molecule is CCOC(=O)C1=C(COc2ccc(C)cc2)N(C)C(=O)N[C@H]1c1ccccc1Cl. The second kappa shape index (κ2) is 9.01. The van der Waals surface area contributed by atoms with Crippen LogP contribution in [-0.4, -0.2) is 37.2 Å². The quantitative estimate of drug-likeness (QED) is 0.718. The smallest absolute Gasteiger partial charge is 0.338 e. The van der Waals surface area contributed by atoms with Crippen molar-refractivity contribution in [3.63, 3.8) is 0 Å². The van der Waals surface area contributed by atoms with E-state index in [4.69, 9.17) is 21.1 Å². The van der Waals surface area contributed by atoms with Gasteiger partial charge in [-0.1, -0.05) is 47.5 Å². The van der Waals surface area contributed by atoms with Gasteiger partial charge in [-0.25, -0.2) is 9.59 Å². The van der Waals surface area contributed by atoms with Gasteiger partial charge in [0.2, 0.25) is 0 Å². The summed E-state index contributed by atoms with van der Waals surface area (Å²) < 4.78 is 11.2. The number of halogens is 1. The van der Waals surface area contributed by atoms with E-state index in [0.29, 0.717) is 27.6 Å². The zero-order valence-electron chi connectivity index (χ0n) is 16.6. The van der Waals surface area contributed by atoms with Gasteiger partial charge in [-0.15, -0.1) is 0 Å². The summed E-state index contributed by atoms with van der Waals surface area (Å²) in [7, 11) is 1.59. The van der Waals surface area contributed by atoms with E-state index in [1.54, 1.807) is 38.2 Å². The van der Waals surface area contributed by atoms with Crippen LogP contribution in [0.3, 0.4) is 0 Å². The third kappa shape index (κ3) is 4.54. The highest BCUT2D eigenvalue weighted by Crippen LogP contribution is 2.34. The monoisotopic (exact) mass is 414 g/mol. The number of carbonyl (C=O) groups excluding carboxylic acids is 2. The number of nitrogens with zero attached hydrogens (tertiary/aromatic N) is 1. The van der Waals surface area contributed by atoms with Gasteiger partial charge >= 0.3 is 12.0 Å². The number of aryl methyl sites for hydroxylation is 1. The van der Waals surface area contributed by atoms with Crippen LogP contribution in [0.25, 0.3) is 0 Å². The minimum atomic E-state index is -0.733. The maximum absolute atomic E-state index is 12.9. The molecule has 0 spiro atoms. The number of rotatable bonds is 6. The van der Waals surface area contributed by atoms with Crippen molar-refractivity contribution in [1.29, 1.82) is 0 Å². The number of ether oxygens (including phenoxy) is 2. The van der Waals surface area contributed by atoms with Crippen LogP contribution in [-0.2, 0) is 9.53 Å². The molecular weight excluding hydrogens is 392 g/mol. The van der Waals surface area contributed by atoms with E-state index in [1.165, 1.54) is 4.90 Å². The first kappa shape index (κ1) is 20.7. The molecule has 0 saturated heterocycles. The molecular formula is C22H23ClN2O4. The second-order valence-electron chi connectivity index (χ2n) is 6.65. The van der Waals surface area contributed by atoms with Crippen molar-refractivity contribution >= 4 is 23.6 Å². The van der Waals surface area contributed by atoms with Crippen LogP contribution in [0, 0.1) is 6.92 Å². The van der Waals surface area contributed by atoms with E-state index in [0.717, 1.165) is 5.56 Å². The minimum Gasteiger partial charge on any atom is -0.487 e. The van der Waals surface area contributed by atoms with E-state index >= 15 is 0 Å². The first-order chi connectivity index (χ1) is 13.9. The zero-order valence-corrected chi connectivity index (χ0v) is 17.3. The third-order valence-corrected chi connectivity index (χ3v) is 5.03. The molecule has 1 N–H and O–H groups in total. The van der Waals surface area contributed by atoms with E-state index in [1.807, 2.05) is 31.2 Å². The lowest BCUT2D eigenvalue weighted by molar-refractivity contribution is -0.139. The molecule has 0 aromatic heterocycles. The Hall–Kier alpha value is -2.99. The fourth-order valence-corrected chi connectivity index (χ4v) is 3.35. The molecule has 0 bridgehead atoms. The summed E-state index contributed by atoms with van der Waals surface area (Å²) in [6, 6.07) is 13.5. The molecule has 1 heterocycles. The van der Waals surface area contributed by atoms with Crippen molar-refractivity contribution in [3.8, 4) is 5.75 Å². The summed E-state index contributed by atoms with van der Waals surface area (Å²) >= 11 is 6.35. The molecule has 0 unspecified atom stereocenters. The molecule has 2 aromatic carbocycles. The molecule has 6 nitrogen and oxygen atoms in total. The molecule has 0 radical (unpaired) electrons. The van der Waals surface area contributed by atoms with E-state index in [-0.39, 0.29) is 19.2 Å². The molecule has 152 valence electrons. The standard InChI is InChI=1S/C22H23ClN2O4/c1-4-28-21(26)19-18(13-29-15-11-9-14(2)10-12-15)25(3)22(27)24-20(19)16-7-5-6-8-17(16)23/h5-12,20H,4,13H2,1-3H3,(H,24,27)/t20-/m0/s1. The van der Waals surface area contributed by atoms with Gasteiger partial charge in [0.1, 0.15) is 12.4 Å². The summed E-state index contributed by atoms with van der Waals surface area (Å²) in [4.78, 5) is 26.8. The highest BCUT2D eigenvalue weighted by Gasteiger charge is 2.37. The summed E-state index contributed by atoms with van der Waals surface area (Å²) in [6.45, 7) is 3.96. The fraction of sp³-hybridized carbons (Fsp3) is 0.273. The van der Waals surface area contributed by atoms with Gasteiger partial charge in [-0.2, -0.15) is 0 Å². The van der Waals surface area contributed by atoms with Crippen molar-refractivity contribution in [2.24, 2.45) is 0 Å². The Labute approximate surface area is 175 Å². The van der Waals surface area contributed by atoms with Gasteiger partial charge in [-0.05, 0) is 37.6 Å². The highest BCUT2D eigenvalue weighted by molar-refractivity contribution is 6.31. The first-order valence-electron chi connectivity index (χ1n) is 9.30. The Morgan fingerprint density at radius 1 is 1.17 bits per heavy atom. The maximum atomic E-state index is 12.9. The molecule has 7 heteroatoms. The number of benzene rings is 2. The van der Waals surface area contributed by atoms with Crippen LogP contribution in [0.4, 0.5) is 4.79 Å². The van der Waals surface area contributed by atoms with Crippen molar-refractivity contribution < 1.29 is 19.1 Å². The number of hydrogen-bond acceptors (Lipinski definition) is 4. The molecule has 3 rings (SSSR count). The lowest BCUT2D eigenvalue weighted by Gasteiger charge is -2.34. The summed E-state index contributed by atoms with van der Waals surface area (Å²) in [5, 5.41) is 3.28. The third-order valence-electron chi connectivity index (χ3n) is 4.69. The second-order valence-corrected chi connectivity index (χ2v) is 7.05. The van der Waals surface area contributed by atoms with E-state index in [2.05, 4.69) is 5.32 Å².